The van der Waals surface area contributed by atoms with Crippen LogP contribution >= 0.6 is 0 Å². The van der Waals surface area contributed by atoms with Gasteiger partial charge in [-0.3, -0.25) is 0 Å². The van der Waals surface area contributed by atoms with Gasteiger partial charge in [0.05, 0.1) is 6.61 Å². The van der Waals surface area contributed by atoms with E-state index < -0.39 is 0 Å². The summed E-state index contributed by atoms with van der Waals surface area (Å²) >= 11 is 0. The van der Waals surface area contributed by atoms with E-state index in [1.807, 2.05) is 0 Å². The lowest BCUT2D eigenvalue weighted by atomic mass is 10.1. The average Bonchev–Trinajstić information content (AvgIpc) is 3.07. The van der Waals surface area contributed by atoms with E-state index >= 15 is 0 Å². The molecule has 3 heteroatoms. The Morgan fingerprint density at radius 3 is 3.00 bits per heavy atom. The Morgan fingerprint density at radius 1 is 1.35 bits per heavy atom. The van der Waals surface area contributed by atoms with Crippen molar-refractivity contribution in [2.75, 3.05) is 26.8 Å². The Labute approximate surface area is 121 Å². The number of fused-ring (bicyclic) bond motifs is 1. The molecule has 2 aromatic rings. The topological polar surface area (TPSA) is 17.4 Å². The maximum absolute atomic E-state index is 5.46. The molecule has 0 spiro atoms. The summed E-state index contributed by atoms with van der Waals surface area (Å²) in [5.74, 6) is 0.711. The smallest absolute Gasteiger partial charge is 0.0507 e. The lowest BCUT2D eigenvalue weighted by molar-refractivity contribution is 0.173. The number of nitrogens with zero attached hydrogens (tertiary/aromatic N) is 2. The summed E-state index contributed by atoms with van der Waals surface area (Å²) < 4.78 is 7.76. The average molecular weight is 272 g/mol. The van der Waals surface area contributed by atoms with Crippen LogP contribution in [0, 0.1) is 5.92 Å². The predicted molar refractivity (Wildman–Crippen MR) is 82.9 cm³/mol. The molecule has 1 fully saturated rings. The van der Waals surface area contributed by atoms with Crippen LogP contribution < -0.4 is 0 Å². The van der Waals surface area contributed by atoms with Gasteiger partial charge in [-0.25, -0.2) is 0 Å². The third-order valence-corrected chi connectivity index (χ3v) is 4.23. The van der Waals surface area contributed by atoms with Crippen molar-refractivity contribution in [3.8, 4) is 0 Å². The van der Waals surface area contributed by atoms with Crippen molar-refractivity contribution in [1.29, 1.82) is 0 Å². The lowest BCUT2D eigenvalue weighted by Crippen LogP contribution is -2.25. The standard InChI is InChI=1S/C17H24N2O/c1-3-19-8-6-16-5-4-14(10-17(16)19)11-18(2)12-15-7-9-20-13-15/h4-6,8,10,15H,3,7,9,11-13H2,1-2H3. The first kappa shape index (κ1) is 13.7. The first-order chi connectivity index (χ1) is 9.76. The minimum atomic E-state index is 0.711. The Hall–Kier alpha value is -1.32. The van der Waals surface area contributed by atoms with Crippen LogP contribution in [0.2, 0.25) is 0 Å². The molecule has 3 nitrogen and oxygen atoms in total. The fraction of sp³-hybridized carbons (Fsp3) is 0.529. The van der Waals surface area contributed by atoms with Crippen molar-refractivity contribution in [1.82, 2.24) is 9.47 Å². The minimum Gasteiger partial charge on any atom is -0.381 e. The van der Waals surface area contributed by atoms with E-state index in [9.17, 15) is 0 Å². The fourth-order valence-corrected chi connectivity index (χ4v) is 3.15. The minimum absolute atomic E-state index is 0.711. The van der Waals surface area contributed by atoms with E-state index in [1.54, 1.807) is 0 Å². The molecule has 0 aliphatic carbocycles. The summed E-state index contributed by atoms with van der Waals surface area (Å²) in [4.78, 5) is 2.42. The van der Waals surface area contributed by atoms with E-state index in [-0.39, 0.29) is 0 Å². The summed E-state index contributed by atoms with van der Waals surface area (Å²) in [6.45, 7) is 7.24. The molecule has 20 heavy (non-hydrogen) atoms. The molecule has 108 valence electrons. The number of rotatable bonds is 5. The van der Waals surface area contributed by atoms with Gasteiger partial charge in [-0.2, -0.15) is 0 Å². The number of hydrogen-bond acceptors (Lipinski definition) is 2. The van der Waals surface area contributed by atoms with Gasteiger partial charge in [0, 0.05) is 38.0 Å². The summed E-state index contributed by atoms with van der Waals surface area (Å²) in [5.41, 5.74) is 2.75. The Kier molecular flexibility index (Phi) is 4.08. The van der Waals surface area contributed by atoms with Crippen molar-refractivity contribution in [2.45, 2.75) is 26.4 Å². The highest BCUT2D eigenvalue weighted by molar-refractivity contribution is 5.80. The van der Waals surface area contributed by atoms with Crippen molar-refractivity contribution in [2.24, 2.45) is 5.92 Å². The maximum atomic E-state index is 5.46. The lowest BCUT2D eigenvalue weighted by Gasteiger charge is -2.20. The van der Waals surface area contributed by atoms with Crippen molar-refractivity contribution in [3.63, 3.8) is 0 Å². The van der Waals surface area contributed by atoms with Gasteiger partial charge in [-0.05, 0) is 49.4 Å². The van der Waals surface area contributed by atoms with Crippen LogP contribution in [0.1, 0.15) is 18.9 Å². The molecule has 2 heterocycles. The molecule has 1 aliphatic heterocycles. The van der Waals surface area contributed by atoms with Gasteiger partial charge in [0.1, 0.15) is 0 Å². The zero-order valence-electron chi connectivity index (χ0n) is 12.5. The molecule has 3 rings (SSSR count). The van der Waals surface area contributed by atoms with Gasteiger partial charge in [0.25, 0.3) is 0 Å². The molecule has 1 unspecified atom stereocenters. The zero-order chi connectivity index (χ0) is 13.9. The zero-order valence-corrected chi connectivity index (χ0v) is 12.5. The van der Waals surface area contributed by atoms with E-state index in [2.05, 4.69) is 53.9 Å². The van der Waals surface area contributed by atoms with Crippen LogP contribution in [0.5, 0.6) is 0 Å². The number of ether oxygens (including phenoxy) is 1. The monoisotopic (exact) mass is 272 g/mol. The third kappa shape index (κ3) is 2.89. The second kappa shape index (κ2) is 5.98. The van der Waals surface area contributed by atoms with Gasteiger partial charge in [-0.15, -0.1) is 0 Å². The highest BCUT2D eigenvalue weighted by atomic mass is 16.5. The highest BCUT2D eigenvalue weighted by Gasteiger charge is 2.17. The summed E-state index contributed by atoms with van der Waals surface area (Å²) in [5, 5.41) is 1.34. The number of hydrogen-bond donors (Lipinski definition) is 0. The van der Waals surface area contributed by atoms with Gasteiger partial charge >= 0.3 is 0 Å². The molecule has 0 saturated carbocycles. The SMILES string of the molecule is CCn1ccc2ccc(CN(C)CC3CCOC3)cc21. The van der Waals surface area contributed by atoms with Crippen LogP contribution in [-0.4, -0.2) is 36.3 Å². The Morgan fingerprint density at radius 2 is 2.25 bits per heavy atom. The highest BCUT2D eigenvalue weighted by Crippen LogP contribution is 2.19. The van der Waals surface area contributed by atoms with Crippen LogP contribution in [0.15, 0.2) is 30.5 Å². The summed E-state index contributed by atoms with van der Waals surface area (Å²) in [7, 11) is 2.21. The summed E-state index contributed by atoms with van der Waals surface area (Å²) in [6, 6.07) is 9.02. The molecule has 1 aliphatic rings. The first-order valence-electron chi connectivity index (χ1n) is 7.60. The molecule has 0 amide bonds. The fourth-order valence-electron chi connectivity index (χ4n) is 3.15. The normalized spacial score (nSPS) is 19.2. The van der Waals surface area contributed by atoms with Crippen molar-refractivity contribution < 1.29 is 4.74 Å². The molecule has 1 saturated heterocycles. The van der Waals surface area contributed by atoms with Gasteiger partial charge in [0.15, 0.2) is 0 Å². The summed E-state index contributed by atoms with van der Waals surface area (Å²) in [6.07, 6.45) is 3.39. The van der Waals surface area contributed by atoms with E-state index in [4.69, 9.17) is 4.74 Å². The second-order valence-electron chi connectivity index (χ2n) is 5.92. The molecule has 1 aromatic heterocycles. The predicted octanol–water partition coefficient (Wildman–Crippen LogP) is 3.13. The van der Waals surface area contributed by atoms with E-state index in [0.29, 0.717) is 5.92 Å². The van der Waals surface area contributed by atoms with Crippen LogP contribution in [0.4, 0.5) is 0 Å². The second-order valence-corrected chi connectivity index (χ2v) is 5.92. The molecular weight excluding hydrogens is 248 g/mol. The molecule has 0 N–H and O–H groups in total. The maximum Gasteiger partial charge on any atom is 0.0507 e. The molecule has 1 atom stereocenters. The number of aromatic nitrogens is 1. The quantitative estimate of drug-likeness (QED) is 0.832. The molecule has 1 aromatic carbocycles. The van der Waals surface area contributed by atoms with Gasteiger partial charge < -0.3 is 14.2 Å². The van der Waals surface area contributed by atoms with Crippen LogP contribution in [0.25, 0.3) is 10.9 Å². The number of aryl methyl sites for hydroxylation is 1. The van der Waals surface area contributed by atoms with E-state index in [0.717, 1.165) is 32.8 Å². The Balaban J connectivity index is 1.69. The van der Waals surface area contributed by atoms with Crippen molar-refractivity contribution in [3.05, 3.63) is 36.0 Å². The third-order valence-electron chi connectivity index (χ3n) is 4.23. The molecule has 0 radical (unpaired) electrons. The van der Waals surface area contributed by atoms with Crippen LogP contribution in [0.3, 0.4) is 0 Å². The Bertz CT molecular complexity index is 569. The first-order valence-corrected chi connectivity index (χ1v) is 7.60. The van der Waals surface area contributed by atoms with Crippen LogP contribution in [-0.2, 0) is 17.8 Å². The number of benzene rings is 1. The molecule has 0 bridgehead atoms. The van der Waals surface area contributed by atoms with Gasteiger partial charge in [-0.1, -0.05) is 12.1 Å². The molecular formula is C17H24N2O. The van der Waals surface area contributed by atoms with E-state index in [1.165, 1.54) is 22.9 Å². The van der Waals surface area contributed by atoms with Crippen molar-refractivity contribution >= 4 is 10.9 Å². The van der Waals surface area contributed by atoms with Gasteiger partial charge in [0.2, 0.25) is 0 Å². The largest absolute Gasteiger partial charge is 0.381 e.